The third-order valence-corrected chi connectivity index (χ3v) is 4.42. The zero-order valence-corrected chi connectivity index (χ0v) is 13.6. The Morgan fingerprint density at radius 2 is 2.33 bits per heavy atom. The largest absolute Gasteiger partial charge is 0.380 e. The first-order valence-corrected chi connectivity index (χ1v) is 7.54. The highest BCUT2D eigenvalue weighted by Crippen LogP contribution is 2.33. The van der Waals surface area contributed by atoms with Crippen molar-refractivity contribution in [2.75, 3.05) is 33.3 Å². The van der Waals surface area contributed by atoms with Gasteiger partial charge >= 0.3 is 0 Å². The number of likely N-dealkylation sites (tertiary alicyclic amines) is 1. The van der Waals surface area contributed by atoms with Crippen LogP contribution in [0.3, 0.4) is 0 Å². The van der Waals surface area contributed by atoms with Gasteiger partial charge in [0.15, 0.2) is 5.82 Å². The summed E-state index contributed by atoms with van der Waals surface area (Å²) in [6.45, 7) is 6.18. The first-order chi connectivity index (χ1) is 9.76. The van der Waals surface area contributed by atoms with Gasteiger partial charge in [-0.25, -0.2) is 0 Å². The van der Waals surface area contributed by atoms with Crippen molar-refractivity contribution in [1.82, 2.24) is 20.4 Å². The van der Waals surface area contributed by atoms with Crippen molar-refractivity contribution in [3.63, 3.8) is 0 Å². The number of methoxy groups -OCH3 is 1. The van der Waals surface area contributed by atoms with Gasteiger partial charge in [0, 0.05) is 20.2 Å². The van der Waals surface area contributed by atoms with Crippen LogP contribution in [-0.4, -0.2) is 54.4 Å². The van der Waals surface area contributed by atoms with Crippen molar-refractivity contribution in [2.24, 2.45) is 5.92 Å². The first-order valence-electron chi connectivity index (χ1n) is 7.54. The second-order valence-corrected chi connectivity index (χ2v) is 5.96. The van der Waals surface area contributed by atoms with Crippen LogP contribution in [-0.2, 0) is 4.74 Å². The smallest absolute Gasteiger partial charge is 0.244 e. The van der Waals surface area contributed by atoms with Crippen molar-refractivity contribution >= 4 is 12.4 Å². The van der Waals surface area contributed by atoms with E-state index >= 15 is 0 Å². The average molecular weight is 317 g/mol. The quantitative estimate of drug-likeness (QED) is 0.909. The Balaban J connectivity index is 0.00000161. The summed E-state index contributed by atoms with van der Waals surface area (Å²) < 4.78 is 10.9. The molecule has 21 heavy (non-hydrogen) atoms. The third kappa shape index (κ3) is 3.94. The SMILES string of the molecule is CO[C@H]1C[C@H](c2nc(C)no2)N(CC2CCCNC2)C1.Cl. The molecule has 3 heterocycles. The fourth-order valence-corrected chi connectivity index (χ4v) is 3.35. The molecule has 0 bridgehead atoms. The first kappa shape index (κ1) is 16.7. The number of piperidine rings is 1. The maximum atomic E-state index is 5.54. The van der Waals surface area contributed by atoms with Crippen LogP contribution < -0.4 is 5.32 Å². The van der Waals surface area contributed by atoms with Crippen molar-refractivity contribution in [3.8, 4) is 0 Å². The van der Waals surface area contributed by atoms with Crippen LogP contribution in [0.25, 0.3) is 0 Å². The van der Waals surface area contributed by atoms with Crippen molar-refractivity contribution in [3.05, 3.63) is 11.7 Å². The fraction of sp³-hybridized carbons (Fsp3) is 0.857. The number of aryl methyl sites for hydroxylation is 1. The maximum absolute atomic E-state index is 5.54. The zero-order chi connectivity index (χ0) is 13.9. The summed E-state index contributed by atoms with van der Waals surface area (Å²) in [5.74, 6) is 2.16. The zero-order valence-electron chi connectivity index (χ0n) is 12.7. The molecule has 2 aliphatic heterocycles. The highest BCUT2D eigenvalue weighted by atomic mass is 35.5. The van der Waals surface area contributed by atoms with E-state index < -0.39 is 0 Å². The van der Waals surface area contributed by atoms with E-state index in [0.29, 0.717) is 11.7 Å². The molecule has 2 saturated heterocycles. The molecule has 0 radical (unpaired) electrons. The van der Waals surface area contributed by atoms with Crippen LogP contribution >= 0.6 is 12.4 Å². The summed E-state index contributed by atoms with van der Waals surface area (Å²) in [4.78, 5) is 6.87. The molecule has 1 aromatic heterocycles. The predicted molar refractivity (Wildman–Crippen MR) is 81.6 cm³/mol. The lowest BCUT2D eigenvalue weighted by molar-refractivity contribution is 0.104. The van der Waals surface area contributed by atoms with Crippen LogP contribution in [0.1, 0.15) is 37.0 Å². The van der Waals surface area contributed by atoms with Crippen LogP contribution in [0.4, 0.5) is 0 Å². The van der Waals surface area contributed by atoms with Gasteiger partial charge in [-0.2, -0.15) is 4.98 Å². The Morgan fingerprint density at radius 1 is 1.48 bits per heavy atom. The number of rotatable bonds is 4. The fourth-order valence-electron chi connectivity index (χ4n) is 3.35. The standard InChI is InChI=1S/C14H24N4O2.ClH/c1-10-16-14(20-17-10)13-6-12(19-2)9-18(13)8-11-4-3-5-15-7-11;/h11-13,15H,3-9H2,1-2H3;1H/t11?,12-,13+;/m0./s1. The van der Waals surface area contributed by atoms with E-state index in [9.17, 15) is 0 Å². The molecule has 1 unspecified atom stereocenters. The number of nitrogens with one attached hydrogen (secondary N) is 1. The monoisotopic (exact) mass is 316 g/mol. The number of halogens is 1. The van der Waals surface area contributed by atoms with Gasteiger partial charge in [-0.1, -0.05) is 5.16 Å². The molecule has 6 nitrogen and oxygen atoms in total. The molecule has 7 heteroatoms. The third-order valence-electron chi connectivity index (χ3n) is 4.42. The summed E-state index contributed by atoms with van der Waals surface area (Å²) >= 11 is 0. The minimum atomic E-state index is 0. The van der Waals surface area contributed by atoms with Gasteiger partial charge in [0.1, 0.15) is 0 Å². The van der Waals surface area contributed by atoms with Crippen molar-refractivity contribution in [2.45, 2.75) is 38.3 Å². The van der Waals surface area contributed by atoms with Crippen molar-refractivity contribution < 1.29 is 9.26 Å². The second kappa shape index (κ2) is 7.54. The van der Waals surface area contributed by atoms with Gasteiger partial charge in [-0.05, 0) is 45.2 Å². The van der Waals surface area contributed by atoms with E-state index in [1.807, 2.05) is 6.92 Å². The molecule has 1 aromatic rings. The summed E-state index contributed by atoms with van der Waals surface area (Å²) in [6.07, 6.45) is 3.79. The predicted octanol–water partition coefficient (Wildman–Crippen LogP) is 1.56. The minimum absolute atomic E-state index is 0. The summed E-state index contributed by atoms with van der Waals surface area (Å²) in [5, 5.41) is 7.41. The van der Waals surface area contributed by atoms with E-state index in [2.05, 4.69) is 20.4 Å². The molecule has 1 N–H and O–H groups in total. The van der Waals surface area contributed by atoms with E-state index in [0.717, 1.165) is 38.5 Å². The molecule has 3 rings (SSSR count). The minimum Gasteiger partial charge on any atom is -0.380 e. The molecule has 2 aliphatic rings. The summed E-state index contributed by atoms with van der Waals surface area (Å²) in [5.41, 5.74) is 0. The Bertz CT molecular complexity index is 436. The van der Waals surface area contributed by atoms with Crippen LogP contribution in [0.15, 0.2) is 4.52 Å². The molecule has 120 valence electrons. The average Bonchev–Trinajstić information content (AvgIpc) is 3.06. The van der Waals surface area contributed by atoms with E-state index in [4.69, 9.17) is 9.26 Å². The van der Waals surface area contributed by atoms with Gasteiger partial charge in [0.05, 0.1) is 12.1 Å². The highest BCUT2D eigenvalue weighted by Gasteiger charge is 2.37. The van der Waals surface area contributed by atoms with Gasteiger partial charge in [-0.3, -0.25) is 4.90 Å². The second-order valence-electron chi connectivity index (χ2n) is 5.96. The number of aromatic nitrogens is 2. The molecule has 0 saturated carbocycles. The number of ether oxygens (including phenoxy) is 1. The lowest BCUT2D eigenvalue weighted by Gasteiger charge is -2.29. The van der Waals surface area contributed by atoms with Gasteiger partial charge < -0.3 is 14.6 Å². The van der Waals surface area contributed by atoms with Crippen LogP contribution in [0.2, 0.25) is 0 Å². The Kier molecular flexibility index (Phi) is 5.98. The van der Waals surface area contributed by atoms with E-state index in [-0.39, 0.29) is 24.6 Å². The molecule has 0 aliphatic carbocycles. The summed E-state index contributed by atoms with van der Waals surface area (Å²) in [7, 11) is 1.78. The Labute approximate surface area is 132 Å². The number of hydrogen-bond donors (Lipinski definition) is 1. The lowest BCUT2D eigenvalue weighted by atomic mass is 9.99. The van der Waals surface area contributed by atoms with Gasteiger partial charge in [0.2, 0.25) is 5.89 Å². The van der Waals surface area contributed by atoms with Gasteiger partial charge in [-0.15, -0.1) is 12.4 Å². The highest BCUT2D eigenvalue weighted by molar-refractivity contribution is 5.85. The topological polar surface area (TPSA) is 63.4 Å². The molecule has 0 aromatic carbocycles. The van der Waals surface area contributed by atoms with Crippen molar-refractivity contribution in [1.29, 1.82) is 0 Å². The lowest BCUT2D eigenvalue weighted by Crippen LogP contribution is -2.38. The molecular weight excluding hydrogens is 292 g/mol. The molecular formula is C14H25ClN4O2. The summed E-state index contributed by atoms with van der Waals surface area (Å²) in [6, 6.07) is 0.211. The number of nitrogens with zero attached hydrogens (tertiary/aromatic N) is 3. The van der Waals surface area contributed by atoms with Gasteiger partial charge in [0.25, 0.3) is 0 Å². The Hall–Kier alpha value is -0.690. The number of hydrogen-bond acceptors (Lipinski definition) is 6. The van der Waals surface area contributed by atoms with Crippen LogP contribution in [0.5, 0.6) is 0 Å². The van der Waals surface area contributed by atoms with E-state index in [1.165, 1.54) is 12.8 Å². The molecule has 0 amide bonds. The Morgan fingerprint density at radius 3 is 2.95 bits per heavy atom. The molecule has 2 fully saturated rings. The van der Waals surface area contributed by atoms with E-state index in [1.54, 1.807) is 7.11 Å². The molecule has 0 spiro atoms. The molecule has 3 atom stereocenters. The maximum Gasteiger partial charge on any atom is 0.244 e. The van der Waals surface area contributed by atoms with Crippen LogP contribution in [0, 0.1) is 12.8 Å². The normalized spacial score (nSPS) is 30.3.